The van der Waals surface area contributed by atoms with E-state index in [0.29, 0.717) is 46.6 Å². The fourth-order valence-corrected chi connectivity index (χ4v) is 6.89. The molecule has 7 rings (SSSR count). The van der Waals surface area contributed by atoms with Crippen LogP contribution in [0.5, 0.6) is 0 Å². The number of hydrogen-bond acceptors (Lipinski definition) is 8. The number of aromatic nitrogens is 6. The van der Waals surface area contributed by atoms with E-state index in [1.54, 1.807) is 27.3 Å². The molecule has 11 nitrogen and oxygen atoms in total. The number of halogens is 1. The molecule has 3 aromatic heterocycles. The van der Waals surface area contributed by atoms with Gasteiger partial charge in [-0.3, -0.25) is 18.9 Å². The van der Waals surface area contributed by atoms with E-state index < -0.39 is 17.2 Å². The molecule has 2 aliphatic carbocycles. The Morgan fingerprint density at radius 2 is 1.87 bits per heavy atom. The Morgan fingerprint density at radius 1 is 1.11 bits per heavy atom. The summed E-state index contributed by atoms with van der Waals surface area (Å²) in [5, 5.41) is 18.7. The average Bonchev–Trinajstić information content (AvgIpc) is 3.71. The third-order valence-corrected chi connectivity index (χ3v) is 9.55. The van der Waals surface area contributed by atoms with E-state index in [4.69, 9.17) is 4.74 Å². The summed E-state index contributed by atoms with van der Waals surface area (Å²) >= 11 is 0. The number of benzene rings is 2. The van der Waals surface area contributed by atoms with Gasteiger partial charge in [-0.25, -0.2) is 13.7 Å². The number of fused-ring (bicyclic) bond motifs is 1. The van der Waals surface area contributed by atoms with E-state index >= 15 is 4.39 Å². The first-order valence-corrected chi connectivity index (χ1v) is 16.1. The topological polar surface area (TPSA) is 141 Å². The van der Waals surface area contributed by atoms with Gasteiger partial charge in [0.1, 0.15) is 12.1 Å². The summed E-state index contributed by atoms with van der Waals surface area (Å²) in [4.78, 5) is 32.9. The molecule has 5 aromatic rings. The normalized spacial score (nSPS) is 19.0. The van der Waals surface area contributed by atoms with E-state index in [-0.39, 0.29) is 81.3 Å². The van der Waals surface area contributed by atoms with Gasteiger partial charge in [-0.05, 0) is 74.1 Å². The molecule has 13 heteroatoms. The average molecular weight is 669 g/mol. The maximum absolute atomic E-state index is 15.9. The van der Waals surface area contributed by atoms with Crippen molar-refractivity contribution in [3.05, 3.63) is 92.3 Å². The van der Waals surface area contributed by atoms with Crippen molar-refractivity contribution in [3.63, 3.8) is 0 Å². The monoisotopic (exact) mass is 668 g/mol. The Bertz CT molecular complexity index is 1990. The molecule has 47 heavy (non-hydrogen) atoms. The van der Waals surface area contributed by atoms with Gasteiger partial charge in [0.25, 0.3) is 5.56 Å². The van der Waals surface area contributed by atoms with Crippen molar-refractivity contribution in [1.82, 2.24) is 29.3 Å². The third kappa shape index (κ3) is 6.89. The minimum absolute atomic E-state index is 0. The summed E-state index contributed by atoms with van der Waals surface area (Å²) in [5.41, 5.74) is 2.68. The first-order chi connectivity index (χ1) is 22.3. The van der Waals surface area contributed by atoms with Gasteiger partial charge < -0.3 is 9.84 Å². The molecule has 0 aliphatic heterocycles. The van der Waals surface area contributed by atoms with Crippen LogP contribution in [0.3, 0.4) is 0 Å². The molecule has 0 atom stereocenters. The molecule has 3 heterocycles. The zero-order valence-electron chi connectivity index (χ0n) is 25.7. The first-order valence-electron chi connectivity index (χ1n) is 16.1. The van der Waals surface area contributed by atoms with Crippen molar-refractivity contribution >= 4 is 57.2 Å². The summed E-state index contributed by atoms with van der Waals surface area (Å²) in [6.45, 7) is 2.40. The molecule has 0 amide bonds. The van der Waals surface area contributed by atoms with E-state index in [9.17, 15) is 14.7 Å². The zero-order valence-corrected chi connectivity index (χ0v) is 25.7. The van der Waals surface area contributed by atoms with E-state index in [2.05, 4.69) is 24.7 Å². The van der Waals surface area contributed by atoms with Crippen LogP contribution in [0.15, 0.2) is 62.9 Å². The maximum atomic E-state index is 15.9. The van der Waals surface area contributed by atoms with Crippen molar-refractivity contribution < 1.29 is 18.8 Å². The summed E-state index contributed by atoms with van der Waals surface area (Å²) < 4.78 is 30.1. The number of aliphatic hydroxyl groups is 1. The Hall–Kier alpha value is -2.78. The molecular formula is C34H38FKN6O5. The number of ether oxygens (including phenoxy) is 1. The van der Waals surface area contributed by atoms with Crippen molar-refractivity contribution in [1.29, 1.82) is 0 Å². The number of hydrogen-bond donors (Lipinski definition) is 2. The van der Waals surface area contributed by atoms with Gasteiger partial charge in [-0.1, -0.05) is 54.9 Å². The van der Waals surface area contributed by atoms with Crippen LogP contribution in [0.1, 0.15) is 81.2 Å². The number of H-pyrrole nitrogens is 1. The summed E-state index contributed by atoms with van der Waals surface area (Å²) in [7, 11) is 0. The van der Waals surface area contributed by atoms with E-state index in [0.717, 1.165) is 57.1 Å². The molecule has 0 bridgehead atoms. The molecule has 2 aromatic carbocycles. The van der Waals surface area contributed by atoms with E-state index in [1.807, 2.05) is 25.1 Å². The number of nitrogens with one attached hydrogen (secondary N) is 1. The molecule has 0 radical (unpaired) electrons. The molecular weight excluding hydrogens is 631 g/mol. The van der Waals surface area contributed by atoms with Crippen molar-refractivity contribution in [2.24, 2.45) is 0 Å². The number of aryl methyl sites for hydroxylation is 1. The molecule has 2 N–H and O–H groups in total. The molecule has 2 saturated carbocycles. The van der Waals surface area contributed by atoms with Crippen LogP contribution < -0.4 is 11.3 Å². The third-order valence-electron chi connectivity index (χ3n) is 9.55. The Labute approximate surface area is 313 Å². The minimum atomic E-state index is -0.681. The summed E-state index contributed by atoms with van der Waals surface area (Å²) in [6.07, 6.45) is 8.63. The fourth-order valence-electron chi connectivity index (χ4n) is 6.89. The van der Waals surface area contributed by atoms with Crippen LogP contribution in [0, 0.1) is 5.82 Å². The van der Waals surface area contributed by atoms with E-state index in [1.165, 1.54) is 12.4 Å². The summed E-state index contributed by atoms with van der Waals surface area (Å²) in [5.74, 6) is -0.358. The predicted molar refractivity (Wildman–Crippen MR) is 175 cm³/mol. The second kappa shape index (κ2) is 14.4. The number of aromatic amines is 1. The van der Waals surface area contributed by atoms with Crippen LogP contribution in [0.25, 0.3) is 28.3 Å². The molecule has 2 aliphatic rings. The molecule has 0 unspecified atom stereocenters. The predicted octanol–water partition coefficient (Wildman–Crippen LogP) is 4.35. The second-order valence-electron chi connectivity index (χ2n) is 12.6. The molecule has 242 valence electrons. The fraction of sp³-hybridized carbons (Fsp3) is 0.441. The number of rotatable bonds is 10. The number of nitrogens with zero attached hydrogens (tertiary/aromatic N) is 5. The van der Waals surface area contributed by atoms with Crippen LogP contribution in [0.2, 0.25) is 0 Å². The quantitative estimate of drug-likeness (QED) is 0.210. The summed E-state index contributed by atoms with van der Waals surface area (Å²) in [6, 6.07) is 12.1. The van der Waals surface area contributed by atoms with Crippen molar-refractivity contribution in [3.8, 4) is 22.5 Å². The first kappa shape index (κ1) is 34.1. The van der Waals surface area contributed by atoms with Gasteiger partial charge in [-0.2, -0.15) is 10.1 Å². The standard InChI is InChI=1S/C34H37FN6O5.K.H/c1-2-6-29-27(17-22-10-9-21(18-28(22)35)25-7-3-4-8-26(25)30-38-33(43)46-39-30)31(42)40(32-36-20-37-41(29)32)23-11-13-24(14-12-23)45-19-34(44)15-5-16-34;;/h3-4,7-10,18,20,23-24,44H,2,5-6,11-17,19H2,1H3,(H,38,39,43);;/t23-,24-;;. The molecule has 2 fully saturated rings. The second-order valence-corrected chi connectivity index (χ2v) is 12.6. The van der Waals surface area contributed by atoms with Crippen molar-refractivity contribution in [2.75, 3.05) is 6.61 Å². The van der Waals surface area contributed by atoms with Crippen molar-refractivity contribution in [2.45, 2.75) is 88.9 Å². The molecule has 0 spiro atoms. The Kier molecular flexibility index (Phi) is 10.4. The SMILES string of the molecule is CCCc1c(Cc2ccc(-c3ccccc3-c3noc(=O)[nH]3)cc2F)c(=O)n([C@H]2CC[C@H](OCC3(O)CCC3)CC2)c2ncnn12.[KH]. The zero-order chi connectivity index (χ0) is 31.8. The molecule has 0 saturated heterocycles. The van der Waals surface area contributed by atoms with Gasteiger partial charge in [0, 0.05) is 23.6 Å². The Morgan fingerprint density at radius 3 is 2.53 bits per heavy atom. The van der Waals surface area contributed by atoms with Gasteiger partial charge in [0.2, 0.25) is 5.78 Å². The van der Waals surface area contributed by atoms with Gasteiger partial charge in [-0.15, -0.1) is 0 Å². The van der Waals surface area contributed by atoms with Crippen LogP contribution in [-0.4, -0.2) is 104 Å². The van der Waals surface area contributed by atoms with Gasteiger partial charge >= 0.3 is 57.1 Å². The van der Waals surface area contributed by atoms with Gasteiger partial charge in [0.15, 0.2) is 5.82 Å². The van der Waals surface area contributed by atoms with Crippen LogP contribution in [-0.2, 0) is 17.6 Å². The van der Waals surface area contributed by atoms with Crippen LogP contribution in [0.4, 0.5) is 4.39 Å². The van der Waals surface area contributed by atoms with Gasteiger partial charge in [0.05, 0.1) is 24.0 Å². The Balaban J connectivity index is 0.00000386. The van der Waals surface area contributed by atoms with Crippen LogP contribution >= 0.6 is 0 Å².